The van der Waals surface area contributed by atoms with Gasteiger partial charge >= 0.3 is 0 Å². The third kappa shape index (κ3) is 28.2. The zero-order valence-electron chi connectivity index (χ0n) is 6.96. The van der Waals surface area contributed by atoms with E-state index in [1.54, 1.807) is 12.4 Å². The third-order valence-electron chi connectivity index (χ3n) is 0.588. The average Bonchev–Trinajstić information content (AvgIpc) is 2.01. The highest BCUT2D eigenvalue weighted by Gasteiger charge is 1.48. The van der Waals surface area contributed by atoms with Crippen LogP contribution < -0.4 is 0 Å². The van der Waals surface area contributed by atoms with Crippen LogP contribution in [0.3, 0.4) is 0 Å². The Morgan fingerprint density at radius 2 is 2.00 bits per heavy atom. The minimum Gasteiger partial charge on any atom is -0.270 e. The summed E-state index contributed by atoms with van der Waals surface area (Å²) in [5.74, 6) is 2.43. The Kier molecular flexibility index (Phi) is 18.4. The first-order valence-electron chi connectivity index (χ1n) is 3.35. The van der Waals surface area contributed by atoms with Crippen LogP contribution in [0.2, 0.25) is 0 Å². The Morgan fingerprint density at radius 1 is 1.50 bits per heavy atom. The standard InChI is InChI=1S/C5H9N.C4H6/c1-3-5-6-4-2;1-3-4-2/h3-5H,1-2H3;1H,4H2,2H3/b5-3-,6-4?;. The van der Waals surface area contributed by atoms with E-state index in [4.69, 9.17) is 6.42 Å². The van der Waals surface area contributed by atoms with E-state index in [0.29, 0.717) is 0 Å². The number of rotatable bonds is 1. The van der Waals surface area contributed by atoms with Crippen molar-refractivity contribution in [3.05, 3.63) is 12.3 Å². The molecular weight excluding hydrogens is 122 g/mol. The minimum absolute atomic E-state index is 0.847. The molecule has 0 amide bonds. The number of aliphatic imine (C=N–C) groups is 1. The summed E-state index contributed by atoms with van der Waals surface area (Å²) in [4.78, 5) is 3.78. The molecule has 0 aromatic rings. The Morgan fingerprint density at radius 3 is 2.10 bits per heavy atom. The van der Waals surface area contributed by atoms with Crippen molar-refractivity contribution in [2.45, 2.75) is 27.2 Å². The summed E-state index contributed by atoms with van der Waals surface area (Å²) in [6.07, 6.45) is 11.0. The Hall–Kier alpha value is -1.03. The molecule has 0 aliphatic rings. The van der Waals surface area contributed by atoms with Crippen LogP contribution >= 0.6 is 0 Å². The van der Waals surface area contributed by atoms with Crippen LogP contribution in [-0.2, 0) is 0 Å². The Balaban J connectivity index is 0. The smallest absolute Gasteiger partial charge is 0.0221 e. The van der Waals surface area contributed by atoms with Gasteiger partial charge in [0.2, 0.25) is 0 Å². The van der Waals surface area contributed by atoms with Gasteiger partial charge in [-0.05, 0) is 13.8 Å². The summed E-state index contributed by atoms with van der Waals surface area (Å²) in [6.45, 7) is 5.77. The van der Waals surface area contributed by atoms with Crippen LogP contribution in [-0.4, -0.2) is 6.21 Å². The molecule has 0 aromatic carbocycles. The maximum absolute atomic E-state index is 4.78. The quantitative estimate of drug-likeness (QED) is 0.389. The number of terminal acetylenes is 1. The van der Waals surface area contributed by atoms with Crippen LogP contribution in [0.5, 0.6) is 0 Å². The van der Waals surface area contributed by atoms with Gasteiger partial charge in [-0.2, -0.15) is 0 Å². The SMILES string of the molecule is C#CCC.CC=N/C=C\C. The maximum Gasteiger partial charge on any atom is 0.0221 e. The van der Waals surface area contributed by atoms with E-state index in [-0.39, 0.29) is 0 Å². The molecule has 0 aliphatic carbocycles. The molecule has 1 heteroatoms. The molecule has 10 heavy (non-hydrogen) atoms. The van der Waals surface area contributed by atoms with Gasteiger partial charge in [0.05, 0.1) is 0 Å². The maximum atomic E-state index is 4.78. The number of hydrogen-bond donors (Lipinski definition) is 0. The van der Waals surface area contributed by atoms with Gasteiger partial charge in [-0.1, -0.05) is 13.0 Å². The molecule has 0 saturated heterocycles. The molecule has 56 valence electrons. The van der Waals surface area contributed by atoms with Crippen molar-refractivity contribution in [3.8, 4) is 12.3 Å². The molecule has 0 fully saturated rings. The van der Waals surface area contributed by atoms with E-state index in [9.17, 15) is 0 Å². The summed E-state index contributed by atoms with van der Waals surface area (Å²) in [7, 11) is 0. The van der Waals surface area contributed by atoms with Crippen molar-refractivity contribution >= 4 is 6.21 Å². The minimum atomic E-state index is 0.847. The zero-order chi connectivity index (χ0) is 8.24. The molecule has 0 spiro atoms. The van der Waals surface area contributed by atoms with Gasteiger partial charge in [0.1, 0.15) is 0 Å². The van der Waals surface area contributed by atoms with Gasteiger partial charge in [-0.25, -0.2) is 0 Å². The van der Waals surface area contributed by atoms with Gasteiger partial charge < -0.3 is 0 Å². The highest BCUT2D eigenvalue weighted by atomic mass is 14.6. The lowest BCUT2D eigenvalue weighted by atomic mass is 10.5. The molecule has 0 heterocycles. The molecule has 0 atom stereocenters. The van der Waals surface area contributed by atoms with Crippen LogP contribution in [0.15, 0.2) is 17.3 Å². The van der Waals surface area contributed by atoms with Gasteiger partial charge in [0, 0.05) is 18.8 Å². The zero-order valence-corrected chi connectivity index (χ0v) is 6.96. The number of nitrogens with zero attached hydrogens (tertiary/aromatic N) is 1. The summed E-state index contributed by atoms with van der Waals surface area (Å²) in [5, 5.41) is 0. The Labute approximate surface area is 63.9 Å². The molecular formula is C9H15N. The summed E-state index contributed by atoms with van der Waals surface area (Å²) in [5.41, 5.74) is 0. The van der Waals surface area contributed by atoms with Gasteiger partial charge in [0.25, 0.3) is 0 Å². The fourth-order valence-corrected chi connectivity index (χ4v) is 0.172. The first kappa shape index (κ1) is 11.7. The predicted molar refractivity (Wildman–Crippen MR) is 48.1 cm³/mol. The van der Waals surface area contributed by atoms with E-state index >= 15 is 0 Å². The highest BCUT2D eigenvalue weighted by molar-refractivity contribution is 5.54. The average molecular weight is 137 g/mol. The van der Waals surface area contributed by atoms with Crippen molar-refractivity contribution in [1.29, 1.82) is 0 Å². The van der Waals surface area contributed by atoms with Gasteiger partial charge in [0.15, 0.2) is 0 Å². The third-order valence-corrected chi connectivity index (χ3v) is 0.588. The van der Waals surface area contributed by atoms with Crippen molar-refractivity contribution in [2.24, 2.45) is 4.99 Å². The molecule has 0 rings (SSSR count). The largest absolute Gasteiger partial charge is 0.270 e. The van der Waals surface area contributed by atoms with Gasteiger partial charge in [-0.3, -0.25) is 4.99 Å². The first-order chi connectivity index (χ1) is 4.83. The van der Waals surface area contributed by atoms with E-state index in [0.717, 1.165) is 6.42 Å². The molecule has 0 aromatic heterocycles. The lowest BCUT2D eigenvalue weighted by Gasteiger charge is -1.64. The second-order valence-corrected chi connectivity index (χ2v) is 1.45. The summed E-state index contributed by atoms with van der Waals surface area (Å²) in [6, 6.07) is 0. The van der Waals surface area contributed by atoms with Crippen molar-refractivity contribution in [1.82, 2.24) is 0 Å². The highest BCUT2D eigenvalue weighted by Crippen LogP contribution is 1.67. The van der Waals surface area contributed by atoms with Crippen LogP contribution in [0.25, 0.3) is 0 Å². The fraction of sp³-hybridized carbons (Fsp3) is 0.444. The molecule has 0 aliphatic heterocycles. The fourth-order valence-electron chi connectivity index (χ4n) is 0.172. The summed E-state index contributed by atoms with van der Waals surface area (Å²) >= 11 is 0. The molecule has 0 unspecified atom stereocenters. The molecule has 0 bridgehead atoms. The summed E-state index contributed by atoms with van der Waals surface area (Å²) < 4.78 is 0. The lowest BCUT2D eigenvalue weighted by Crippen LogP contribution is -1.49. The van der Waals surface area contributed by atoms with Crippen molar-refractivity contribution in [2.75, 3.05) is 0 Å². The molecule has 0 saturated carbocycles. The van der Waals surface area contributed by atoms with E-state index in [1.165, 1.54) is 0 Å². The second-order valence-electron chi connectivity index (χ2n) is 1.45. The Bertz CT molecular complexity index is 116. The van der Waals surface area contributed by atoms with E-state index < -0.39 is 0 Å². The number of hydrogen-bond acceptors (Lipinski definition) is 1. The molecule has 0 radical (unpaired) electrons. The normalized spacial score (nSPS) is 9.00. The predicted octanol–water partition coefficient (Wildman–Crippen LogP) is 2.64. The van der Waals surface area contributed by atoms with Gasteiger partial charge in [-0.15, -0.1) is 12.3 Å². The molecule has 0 N–H and O–H groups in total. The van der Waals surface area contributed by atoms with E-state index in [2.05, 4.69) is 10.9 Å². The van der Waals surface area contributed by atoms with Crippen molar-refractivity contribution < 1.29 is 0 Å². The first-order valence-corrected chi connectivity index (χ1v) is 3.35. The monoisotopic (exact) mass is 137 g/mol. The van der Waals surface area contributed by atoms with Crippen LogP contribution in [0, 0.1) is 12.3 Å². The lowest BCUT2D eigenvalue weighted by molar-refractivity contribution is 1.28. The topological polar surface area (TPSA) is 12.4 Å². The van der Waals surface area contributed by atoms with Crippen molar-refractivity contribution in [3.63, 3.8) is 0 Å². The molecule has 1 nitrogen and oxygen atoms in total. The van der Waals surface area contributed by atoms with E-state index in [1.807, 2.05) is 26.8 Å². The van der Waals surface area contributed by atoms with Crippen LogP contribution in [0.1, 0.15) is 27.2 Å². The second kappa shape index (κ2) is 15.7. The van der Waals surface area contributed by atoms with Crippen LogP contribution in [0.4, 0.5) is 0 Å². The number of allylic oxidation sites excluding steroid dienone is 1.